The monoisotopic (exact) mass is 343 g/mol. The lowest BCUT2D eigenvalue weighted by Crippen LogP contribution is -2.35. The summed E-state index contributed by atoms with van der Waals surface area (Å²) in [5.74, 6) is 0. The van der Waals surface area contributed by atoms with E-state index in [0.717, 1.165) is 4.48 Å². The van der Waals surface area contributed by atoms with Gasteiger partial charge in [0.05, 0.1) is 27.7 Å². The van der Waals surface area contributed by atoms with Gasteiger partial charge in [0.25, 0.3) is 0 Å². The van der Waals surface area contributed by atoms with E-state index in [-0.39, 0.29) is 0 Å². The highest BCUT2D eigenvalue weighted by Gasteiger charge is 2.04. The Hall–Kier alpha value is 0.137. The molecule has 0 aliphatic rings. The van der Waals surface area contributed by atoms with Gasteiger partial charge in [-0.3, -0.25) is 0 Å². The molecule has 0 spiro atoms. The van der Waals surface area contributed by atoms with E-state index in [1.807, 2.05) is 0 Å². The van der Waals surface area contributed by atoms with Gasteiger partial charge in [-0.1, -0.05) is 63.8 Å². The van der Waals surface area contributed by atoms with Crippen molar-refractivity contribution in [2.45, 2.75) is 89.5 Å². The molecule has 0 rings (SSSR count). The van der Waals surface area contributed by atoms with Gasteiger partial charge in [-0.05, 0) is 38.8 Å². The van der Waals surface area contributed by atoms with E-state index >= 15 is 0 Å². The first kappa shape index (κ1) is 23.1. The Labute approximate surface area is 150 Å². The number of rotatable bonds is 18. The van der Waals surface area contributed by atoms with Crippen LogP contribution in [0.3, 0.4) is 0 Å². The minimum Gasteiger partial charge on any atom is -0.331 e. The lowest BCUT2D eigenvalue weighted by molar-refractivity contribution is -0.870. The number of nitrogens with one attached hydrogen (secondary N) is 1. The third kappa shape index (κ3) is 22.1. The van der Waals surface area contributed by atoms with E-state index in [2.05, 4.69) is 26.5 Å². The van der Waals surface area contributed by atoms with E-state index in [1.165, 1.54) is 119 Å². The average molecular weight is 344 g/mol. The minimum absolute atomic E-state index is 1.12. The highest BCUT2D eigenvalue weighted by atomic mass is 28.1. The number of unbranched alkanes of at least 4 members (excludes halogenated alkanes) is 11. The first-order valence-corrected chi connectivity index (χ1v) is 12.0. The van der Waals surface area contributed by atoms with Crippen molar-refractivity contribution in [2.24, 2.45) is 0 Å². The second-order valence-corrected chi connectivity index (χ2v) is 9.36. The lowest BCUT2D eigenvalue weighted by Gasteiger charge is -2.23. The van der Waals surface area contributed by atoms with Crippen molar-refractivity contribution >= 4 is 10.2 Å². The van der Waals surface area contributed by atoms with Gasteiger partial charge in [-0.15, -0.1) is 0 Å². The van der Waals surface area contributed by atoms with Crippen LogP contribution < -0.4 is 5.32 Å². The molecule has 0 amide bonds. The van der Waals surface area contributed by atoms with Crippen molar-refractivity contribution in [2.75, 3.05) is 40.8 Å². The molecule has 0 aromatic heterocycles. The first-order chi connectivity index (χ1) is 11.1. The van der Waals surface area contributed by atoms with Crippen LogP contribution in [0, 0.1) is 0 Å². The molecule has 0 aromatic rings. The first-order valence-electron chi connectivity index (χ1n) is 10.6. The van der Waals surface area contributed by atoms with Gasteiger partial charge in [-0.2, -0.15) is 0 Å². The molecule has 0 heterocycles. The summed E-state index contributed by atoms with van der Waals surface area (Å²) in [4.78, 5) is 0. The van der Waals surface area contributed by atoms with Gasteiger partial charge in [0, 0.05) is 10.2 Å². The maximum Gasteiger partial charge on any atom is 0.0780 e. The highest BCUT2D eigenvalue weighted by Crippen LogP contribution is 2.12. The molecule has 0 aromatic carbocycles. The maximum absolute atomic E-state index is 3.56. The molecule has 0 aliphatic heterocycles. The Morgan fingerprint density at radius 2 is 0.957 bits per heavy atom. The largest absolute Gasteiger partial charge is 0.331 e. The predicted molar refractivity (Wildman–Crippen MR) is 111 cm³/mol. The Morgan fingerprint density at radius 3 is 1.39 bits per heavy atom. The molecule has 0 unspecified atom stereocenters. The molecule has 0 bridgehead atoms. The van der Waals surface area contributed by atoms with Crippen molar-refractivity contribution in [1.82, 2.24) is 5.32 Å². The molecule has 140 valence electrons. The molecule has 0 aliphatic carbocycles. The summed E-state index contributed by atoms with van der Waals surface area (Å²) in [5, 5.41) is 3.56. The van der Waals surface area contributed by atoms with Crippen LogP contribution in [0.4, 0.5) is 0 Å². The number of hydrogen-bond acceptors (Lipinski definition) is 1. The van der Waals surface area contributed by atoms with Gasteiger partial charge in [0.2, 0.25) is 0 Å². The molecule has 2 nitrogen and oxygen atoms in total. The van der Waals surface area contributed by atoms with Crippen molar-refractivity contribution in [3.63, 3.8) is 0 Å². The smallest absolute Gasteiger partial charge is 0.0780 e. The van der Waals surface area contributed by atoms with Crippen molar-refractivity contribution in [3.8, 4) is 0 Å². The third-order valence-electron chi connectivity index (χ3n) is 4.64. The van der Waals surface area contributed by atoms with Crippen LogP contribution in [0.15, 0.2) is 0 Å². The molecule has 0 atom stereocenters. The van der Waals surface area contributed by atoms with Crippen LogP contribution in [-0.4, -0.2) is 55.5 Å². The van der Waals surface area contributed by atoms with E-state index in [1.54, 1.807) is 0 Å². The van der Waals surface area contributed by atoms with Crippen LogP contribution in [0.2, 0.25) is 6.04 Å². The van der Waals surface area contributed by atoms with E-state index < -0.39 is 0 Å². The highest BCUT2D eigenvalue weighted by molar-refractivity contribution is 6.08. The lowest BCUT2D eigenvalue weighted by atomic mass is 10.0. The zero-order valence-corrected chi connectivity index (χ0v) is 19.0. The molecule has 3 heteroatoms. The van der Waals surface area contributed by atoms with Crippen molar-refractivity contribution < 1.29 is 4.48 Å². The Bertz CT molecular complexity index is 226. The van der Waals surface area contributed by atoms with Crippen LogP contribution >= 0.6 is 0 Å². The normalized spacial score (nSPS) is 12.1. The SMILES string of the molecule is C[N+](C)(C)CCCCCCCCCCCCCCNCCC[SiH3]. The molecule has 0 saturated carbocycles. The fourth-order valence-corrected chi connectivity index (χ4v) is 3.38. The van der Waals surface area contributed by atoms with Gasteiger partial charge in [0.15, 0.2) is 0 Å². The van der Waals surface area contributed by atoms with Gasteiger partial charge in [0.1, 0.15) is 0 Å². The van der Waals surface area contributed by atoms with E-state index in [0.29, 0.717) is 0 Å². The molecule has 23 heavy (non-hydrogen) atoms. The van der Waals surface area contributed by atoms with E-state index in [9.17, 15) is 0 Å². The average Bonchev–Trinajstić information content (AvgIpc) is 2.49. The van der Waals surface area contributed by atoms with Gasteiger partial charge < -0.3 is 9.80 Å². The molecule has 0 fully saturated rings. The van der Waals surface area contributed by atoms with Gasteiger partial charge in [-0.25, -0.2) is 0 Å². The Morgan fingerprint density at radius 1 is 0.565 bits per heavy atom. The van der Waals surface area contributed by atoms with Crippen molar-refractivity contribution in [1.29, 1.82) is 0 Å². The fourth-order valence-electron chi connectivity index (χ4n) is 3.03. The second-order valence-electron chi connectivity index (χ2n) is 8.36. The summed E-state index contributed by atoms with van der Waals surface area (Å²) >= 11 is 0. The Kier molecular flexibility index (Phi) is 17.1. The predicted octanol–water partition coefficient (Wildman–Crippen LogP) is 4.14. The summed E-state index contributed by atoms with van der Waals surface area (Å²) in [5.41, 5.74) is 0. The zero-order valence-electron chi connectivity index (χ0n) is 17.0. The second kappa shape index (κ2) is 17.0. The van der Waals surface area contributed by atoms with Crippen LogP contribution in [0.1, 0.15) is 83.5 Å². The minimum atomic E-state index is 1.12. The standard InChI is InChI=1S/C20H47N2Si/c1-22(2,3)19-15-13-11-9-7-5-4-6-8-10-12-14-17-21-18-16-20-23/h21H,4-20H2,1-3,23H3/q+1. The fraction of sp³-hybridized carbons (Fsp3) is 1.00. The Balaban J connectivity index is 3.00. The zero-order chi connectivity index (χ0) is 17.2. The number of nitrogens with zero attached hydrogens (tertiary/aromatic N) is 1. The van der Waals surface area contributed by atoms with Crippen LogP contribution in [-0.2, 0) is 0 Å². The third-order valence-corrected chi connectivity index (χ3v) is 5.35. The van der Waals surface area contributed by atoms with Crippen molar-refractivity contribution in [3.05, 3.63) is 0 Å². The summed E-state index contributed by atoms with van der Waals surface area (Å²) in [6.45, 7) is 3.82. The summed E-state index contributed by atoms with van der Waals surface area (Å²) in [7, 11) is 8.26. The topological polar surface area (TPSA) is 12.0 Å². The van der Waals surface area contributed by atoms with Crippen LogP contribution in [0.5, 0.6) is 0 Å². The van der Waals surface area contributed by atoms with E-state index in [4.69, 9.17) is 0 Å². The number of quaternary nitrogens is 1. The molecule has 0 saturated heterocycles. The van der Waals surface area contributed by atoms with Crippen LogP contribution in [0.25, 0.3) is 0 Å². The summed E-state index contributed by atoms with van der Waals surface area (Å²) < 4.78 is 1.12. The molecular formula is C20H47N2Si+. The summed E-state index contributed by atoms with van der Waals surface area (Å²) in [6, 6.07) is 1.45. The van der Waals surface area contributed by atoms with Gasteiger partial charge >= 0.3 is 0 Å². The summed E-state index contributed by atoms with van der Waals surface area (Å²) in [6.07, 6.45) is 18.7. The maximum atomic E-state index is 3.56. The quantitative estimate of drug-likeness (QED) is 0.224. The molecule has 0 radical (unpaired) electrons. The molecular weight excluding hydrogens is 296 g/mol. The molecule has 1 N–H and O–H groups in total. The number of hydrogen-bond donors (Lipinski definition) is 1.